The maximum atomic E-state index is 14.6. The fraction of sp³-hybridized carbons (Fsp3) is 0.222. The van der Waals surface area contributed by atoms with Crippen LogP contribution in [-0.4, -0.2) is 22.4 Å². The smallest absolute Gasteiger partial charge is 0.419 e. The number of benzene rings is 1. The molecule has 3 rings (SSSR count). The Hall–Kier alpha value is -3.50. The molecule has 3 aromatic rings. The first-order valence-electron chi connectivity index (χ1n) is 8.46. The van der Waals surface area contributed by atoms with E-state index in [1.807, 2.05) is 6.92 Å². The lowest BCUT2D eigenvalue weighted by molar-refractivity contribution is -0.605. The van der Waals surface area contributed by atoms with Gasteiger partial charge in [-0.05, 0) is 18.6 Å². The molecular formula is C18H15F4N5O2. The van der Waals surface area contributed by atoms with Crippen molar-refractivity contribution in [3.63, 3.8) is 0 Å². The summed E-state index contributed by atoms with van der Waals surface area (Å²) >= 11 is 0. The second-order valence-corrected chi connectivity index (χ2v) is 6.14. The Morgan fingerprint density at radius 3 is 2.69 bits per heavy atom. The minimum absolute atomic E-state index is 0.0434. The molecule has 0 saturated heterocycles. The number of aromatic nitrogens is 3. The van der Waals surface area contributed by atoms with Gasteiger partial charge in [0.25, 0.3) is 0 Å². The second-order valence-electron chi connectivity index (χ2n) is 6.14. The molecule has 0 unspecified atom stereocenters. The summed E-state index contributed by atoms with van der Waals surface area (Å²) in [6.07, 6.45) is -2.08. The molecule has 0 atom stereocenters. The van der Waals surface area contributed by atoms with Crippen LogP contribution in [0.3, 0.4) is 0 Å². The minimum atomic E-state index is -4.86. The summed E-state index contributed by atoms with van der Waals surface area (Å²) in [6.45, 7) is 2.10. The molecule has 3 N–H and O–H groups in total. The van der Waals surface area contributed by atoms with Crippen LogP contribution in [0.4, 0.5) is 23.2 Å². The number of hydrogen-bond donors (Lipinski definition) is 2. The molecule has 1 aromatic carbocycles. The highest BCUT2D eigenvalue weighted by atomic mass is 19.4. The number of nitrogen functional groups attached to an aromatic ring is 1. The number of rotatable bonds is 4. The predicted octanol–water partition coefficient (Wildman–Crippen LogP) is 2.81. The van der Waals surface area contributed by atoms with Crippen molar-refractivity contribution >= 4 is 22.4 Å². The molecule has 11 heteroatoms. The number of nitrogens with two attached hydrogens (primary N) is 1. The van der Waals surface area contributed by atoms with Crippen LogP contribution in [0, 0.1) is 11.0 Å². The number of nitrogens with one attached hydrogen (secondary N) is 1. The first-order valence-corrected chi connectivity index (χ1v) is 8.46. The monoisotopic (exact) mass is 409 g/mol. The number of halogens is 4. The quantitative estimate of drug-likeness (QED) is 0.391. The largest absolute Gasteiger partial charge is 0.618 e. The third-order valence-electron chi connectivity index (χ3n) is 4.21. The molecule has 0 aliphatic carbocycles. The molecular weight excluding hydrogens is 394 g/mol. The van der Waals surface area contributed by atoms with Gasteiger partial charge in [-0.2, -0.15) is 17.9 Å². The zero-order chi connectivity index (χ0) is 21.3. The third-order valence-corrected chi connectivity index (χ3v) is 4.21. The number of pyridine rings is 1. The van der Waals surface area contributed by atoms with Crippen molar-refractivity contribution in [2.45, 2.75) is 19.5 Å². The van der Waals surface area contributed by atoms with Gasteiger partial charge in [0, 0.05) is 18.1 Å². The fourth-order valence-corrected chi connectivity index (χ4v) is 2.91. The van der Waals surface area contributed by atoms with Crippen molar-refractivity contribution in [2.75, 3.05) is 12.3 Å². The molecule has 0 fully saturated rings. The Kier molecular flexibility index (Phi) is 5.23. The van der Waals surface area contributed by atoms with Crippen LogP contribution in [-0.2, 0) is 6.18 Å². The van der Waals surface area contributed by atoms with Gasteiger partial charge in [0.2, 0.25) is 0 Å². The average Bonchev–Trinajstić information content (AvgIpc) is 2.65. The maximum Gasteiger partial charge on any atom is 0.419 e. The van der Waals surface area contributed by atoms with Crippen LogP contribution in [0.1, 0.15) is 29.4 Å². The number of amides is 1. The highest BCUT2D eigenvalue weighted by molar-refractivity contribution is 6.08. The van der Waals surface area contributed by atoms with Crippen LogP contribution >= 0.6 is 0 Å². The van der Waals surface area contributed by atoms with E-state index in [-0.39, 0.29) is 21.2 Å². The Bertz CT molecular complexity index is 1100. The van der Waals surface area contributed by atoms with Crippen molar-refractivity contribution in [2.24, 2.45) is 0 Å². The molecule has 152 valence electrons. The highest BCUT2D eigenvalue weighted by Gasteiger charge is 2.36. The highest BCUT2D eigenvalue weighted by Crippen LogP contribution is 2.39. The van der Waals surface area contributed by atoms with E-state index in [1.54, 1.807) is 0 Å². The zero-order valence-corrected chi connectivity index (χ0v) is 15.0. The van der Waals surface area contributed by atoms with Gasteiger partial charge in [0.05, 0.1) is 16.6 Å². The van der Waals surface area contributed by atoms with Crippen LogP contribution in [0.15, 0.2) is 30.9 Å². The standard InChI is InChI=1S/C18H15F4N5O2/c1-2-5-25-17(28)16-14(23)9-3-4-12(19)13(10(9)7-27(16)29)15-11(18(20,21)22)6-24-8-26-15/h3-4,6-8H,2,5,23H2,1H3,(H,25,28). The van der Waals surface area contributed by atoms with Gasteiger partial charge < -0.3 is 16.3 Å². The molecule has 0 aliphatic rings. The van der Waals surface area contributed by atoms with E-state index in [1.165, 1.54) is 6.07 Å². The van der Waals surface area contributed by atoms with Crippen molar-refractivity contribution in [1.29, 1.82) is 0 Å². The summed E-state index contributed by atoms with van der Waals surface area (Å²) in [4.78, 5) is 19.2. The Balaban J connectivity index is 2.32. The summed E-state index contributed by atoms with van der Waals surface area (Å²) < 4.78 is 54.8. The SMILES string of the molecule is CCCNC(=O)c1c(N)c2ccc(F)c(-c3ncncc3C(F)(F)F)c2c[n+]1[O-]. The van der Waals surface area contributed by atoms with E-state index in [0.717, 1.165) is 18.6 Å². The molecule has 2 heterocycles. The Morgan fingerprint density at radius 1 is 1.31 bits per heavy atom. The molecule has 0 saturated carbocycles. The first kappa shape index (κ1) is 20.2. The molecule has 0 spiro atoms. The summed E-state index contributed by atoms with van der Waals surface area (Å²) in [5.41, 5.74) is 2.67. The number of fused-ring (bicyclic) bond motifs is 1. The summed E-state index contributed by atoms with van der Waals surface area (Å²) in [6, 6.07) is 2.09. The fourth-order valence-electron chi connectivity index (χ4n) is 2.91. The maximum absolute atomic E-state index is 14.6. The van der Waals surface area contributed by atoms with Crippen LogP contribution in [0.2, 0.25) is 0 Å². The van der Waals surface area contributed by atoms with Gasteiger partial charge in [0.1, 0.15) is 23.4 Å². The van der Waals surface area contributed by atoms with Crippen LogP contribution < -0.4 is 15.8 Å². The molecule has 0 bridgehead atoms. The van der Waals surface area contributed by atoms with E-state index in [4.69, 9.17) is 5.73 Å². The average molecular weight is 409 g/mol. The first-order chi connectivity index (χ1) is 13.7. The van der Waals surface area contributed by atoms with E-state index in [0.29, 0.717) is 19.2 Å². The summed E-state index contributed by atoms with van der Waals surface area (Å²) in [5.74, 6) is -1.78. The second kappa shape index (κ2) is 7.49. The van der Waals surface area contributed by atoms with Crippen molar-refractivity contribution in [3.05, 3.63) is 53.1 Å². The van der Waals surface area contributed by atoms with Gasteiger partial charge in [-0.1, -0.05) is 6.92 Å². The van der Waals surface area contributed by atoms with E-state index in [2.05, 4.69) is 15.3 Å². The van der Waals surface area contributed by atoms with Gasteiger partial charge >= 0.3 is 17.8 Å². The zero-order valence-electron chi connectivity index (χ0n) is 15.0. The van der Waals surface area contributed by atoms with Gasteiger partial charge in [0.15, 0.2) is 6.20 Å². The molecule has 1 amide bonds. The van der Waals surface area contributed by atoms with Gasteiger partial charge in [-0.15, -0.1) is 0 Å². The minimum Gasteiger partial charge on any atom is -0.618 e. The molecule has 7 nitrogen and oxygen atoms in total. The van der Waals surface area contributed by atoms with E-state index >= 15 is 0 Å². The lowest BCUT2D eigenvalue weighted by Crippen LogP contribution is -2.40. The van der Waals surface area contributed by atoms with E-state index in [9.17, 15) is 27.6 Å². The van der Waals surface area contributed by atoms with Crippen LogP contribution in [0.25, 0.3) is 22.0 Å². The van der Waals surface area contributed by atoms with Crippen LogP contribution in [0.5, 0.6) is 0 Å². The molecule has 0 aliphatic heterocycles. The van der Waals surface area contributed by atoms with E-state index < -0.39 is 40.4 Å². The predicted molar refractivity (Wildman–Crippen MR) is 95.9 cm³/mol. The lowest BCUT2D eigenvalue weighted by Gasteiger charge is -2.15. The molecule has 29 heavy (non-hydrogen) atoms. The number of carbonyl (C=O) groups excluding carboxylic acids is 1. The normalized spacial score (nSPS) is 11.6. The number of alkyl halides is 3. The number of carbonyl (C=O) groups is 1. The number of hydrogen-bond acceptors (Lipinski definition) is 5. The number of anilines is 1. The molecule has 0 radical (unpaired) electrons. The van der Waals surface area contributed by atoms with Crippen molar-refractivity contribution in [1.82, 2.24) is 15.3 Å². The molecule has 2 aromatic heterocycles. The van der Waals surface area contributed by atoms with Gasteiger partial charge in [-0.3, -0.25) is 4.79 Å². The summed E-state index contributed by atoms with van der Waals surface area (Å²) in [7, 11) is 0. The Morgan fingerprint density at radius 2 is 2.03 bits per heavy atom. The van der Waals surface area contributed by atoms with Crippen molar-refractivity contribution in [3.8, 4) is 11.3 Å². The number of nitrogens with zero attached hydrogens (tertiary/aromatic N) is 3. The van der Waals surface area contributed by atoms with Gasteiger partial charge in [-0.25, -0.2) is 14.4 Å². The third kappa shape index (κ3) is 3.62. The summed E-state index contributed by atoms with van der Waals surface area (Å²) in [5, 5.41) is 14.8. The lowest BCUT2D eigenvalue weighted by atomic mass is 9.98. The Labute approximate surface area is 161 Å². The van der Waals surface area contributed by atoms with Crippen molar-refractivity contribution < 1.29 is 27.1 Å². The topological polar surface area (TPSA) is 108 Å².